The van der Waals surface area contributed by atoms with E-state index >= 15 is 0 Å². The first-order valence-electron chi connectivity index (χ1n) is 6.14. The number of hydrogen-bond acceptors (Lipinski definition) is 3. The molecular weight excluding hydrogens is 242 g/mol. The lowest BCUT2D eigenvalue weighted by molar-refractivity contribution is -0.117. The molecule has 1 aromatic carbocycles. The summed E-state index contributed by atoms with van der Waals surface area (Å²) in [7, 11) is -1.64. The van der Waals surface area contributed by atoms with Crippen LogP contribution in [0.3, 0.4) is 0 Å². The molecule has 98 valence electrons. The van der Waals surface area contributed by atoms with Crippen LogP contribution in [0.25, 0.3) is 0 Å². The van der Waals surface area contributed by atoms with Crippen molar-refractivity contribution in [1.82, 2.24) is 0 Å². The Balaban J connectivity index is 2.45. The number of carbonyl (C=O) groups excluding carboxylic acids is 1. The molecule has 0 saturated heterocycles. The lowest BCUT2D eigenvalue weighted by Gasteiger charge is -2.13. The number of carbonyl (C=O) groups is 1. The summed E-state index contributed by atoms with van der Waals surface area (Å²) in [5, 5.41) is 4.03. The zero-order chi connectivity index (χ0) is 13.6. The molecule has 0 amide bonds. The normalized spacial score (nSPS) is 12.3. The molecule has 0 aliphatic carbocycles. The number of ketones is 1. The maximum Gasteiger partial charge on any atom is 0.278 e. The second-order valence-corrected chi connectivity index (χ2v) is 9.82. The number of oxime groups is 1. The third kappa shape index (κ3) is 6.35. The Morgan fingerprint density at radius 3 is 2.39 bits per heavy atom. The molecule has 0 heterocycles. The summed E-state index contributed by atoms with van der Waals surface area (Å²) in [6, 6.07) is 9.75. The van der Waals surface area contributed by atoms with Gasteiger partial charge in [0.2, 0.25) is 0 Å². The highest BCUT2D eigenvalue weighted by Gasteiger charge is 2.16. The minimum absolute atomic E-state index is 0.168. The predicted molar refractivity (Wildman–Crippen MR) is 77.3 cm³/mol. The average Bonchev–Trinajstić information content (AvgIpc) is 2.26. The third-order valence-corrected chi connectivity index (χ3v) is 2.81. The van der Waals surface area contributed by atoms with E-state index in [0.29, 0.717) is 12.8 Å². The first-order valence-corrected chi connectivity index (χ1v) is 9.55. The topological polar surface area (TPSA) is 38.7 Å². The highest BCUT2D eigenvalue weighted by atomic mass is 28.4. The van der Waals surface area contributed by atoms with E-state index in [0.717, 1.165) is 11.3 Å². The van der Waals surface area contributed by atoms with E-state index < -0.39 is 8.32 Å². The molecule has 3 nitrogen and oxygen atoms in total. The Bertz CT molecular complexity index is 421. The van der Waals surface area contributed by atoms with Crippen molar-refractivity contribution in [2.24, 2.45) is 5.16 Å². The molecule has 0 spiro atoms. The standard InChI is InChI=1S/C14H21NO2Si/c1-12(15-17-18(2,3)4)10-14(16)11-13-8-6-5-7-9-13/h5-9H,10-11H2,1-4H3/b15-12+. The van der Waals surface area contributed by atoms with Crippen molar-refractivity contribution >= 4 is 19.8 Å². The van der Waals surface area contributed by atoms with Gasteiger partial charge in [-0.25, -0.2) is 0 Å². The van der Waals surface area contributed by atoms with Crippen LogP contribution in [-0.2, 0) is 15.7 Å². The van der Waals surface area contributed by atoms with Gasteiger partial charge in [0.05, 0.1) is 5.71 Å². The van der Waals surface area contributed by atoms with Crippen molar-refractivity contribution in [3.8, 4) is 0 Å². The predicted octanol–water partition coefficient (Wildman–Crippen LogP) is 3.42. The van der Waals surface area contributed by atoms with Gasteiger partial charge in [0.25, 0.3) is 8.32 Å². The minimum atomic E-state index is -1.64. The molecule has 18 heavy (non-hydrogen) atoms. The highest BCUT2D eigenvalue weighted by Crippen LogP contribution is 2.06. The van der Waals surface area contributed by atoms with E-state index in [9.17, 15) is 4.79 Å². The quantitative estimate of drug-likeness (QED) is 0.448. The lowest BCUT2D eigenvalue weighted by atomic mass is 10.1. The minimum Gasteiger partial charge on any atom is -0.456 e. The Kier molecular flexibility index (Phi) is 5.28. The number of nitrogens with zero attached hydrogens (tertiary/aromatic N) is 1. The van der Waals surface area contributed by atoms with Gasteiger partial charge < -0.3 is 4.53 Å². The number of benzene rings is 1. The van der Waals surface area contributed by atoms with Gasteiger partial charge in [0.15, 0.2) is 0 Å². The number of rotatable bonds is 6. The van der Waals surface area contributed by atoms with Gasteiger partial charge >= 0.3 is 0 Å². The molecule has 0 bridgehead atoms. The van der Waals surface area contributed by atoms with Gasteiger partial charge in [-0.15, -0.1) is 5.16 Å². The first-order chi connectivity index (χ1) is 8.37. The van der Waals surface area contributed by atoms with Gasteiger partial charge in [-0.2, -0.15) is 0 Å². The summed E-state index contributed by atoms with van der Waals surface area (Å²) < 4.78 is 5.42. The molecule has 0 aliphatic heterocycles. The van der Waals surface area contributed by atoms with E-state index in [1.165, 1.54) is 0 Å². The molecule has 0 aliphatic rings. The van der Waals surface area contributed by atoms with Gasteiger partial charge in [0, 0.05) is 12.8 Å². The third-order valence-electron chi connectivity index (χ3n) is 2.17. The van der Waals surface area contributed by atoms with Crippen LogP contribution in [0.2, 0.25) is 19.6 Å². The van der Waals surface area contributed by atoms with Crippen molar-refractivity contribution in [2.75, 3.05) is 0 Å². The second kappa shape index (κ2) is 6.49. The highest BCUT2D eigenvalue weighted by molar-refractivity contribution is 6.69. The van der Waals surface area contributed by atoms with Crippen LogP contribution in [0, 0.1) is 0 Å². The molecule has 0 fully saturated rings. The molecule has 4 heteroatoms. The molecule has 1 rings (SSSR count). The Morgan fingerprint density at radius 1 is 1.22 bits per heavy atom. The van der Waals surface area contributed by atoms with Gasteiger partial charge in [0.1, 0.15) is 5.78 Å². The largest absolute Gasteiger partial charge is 0.456 e. The number of hydrogen-bond donors (Lipinski definition) is 0. The van der Waals surface area contributed by atoms with Gasteiger partial charge in [-0.1, -0.05) is 30.3 Å². The van der Waals surface area contributed by atoms with Crippen LogP contribution < -0.4 is 0 Å². The SMILES string of the molecule is C/C(CC(=O)Cc1ccccc1)=N\O[Si](C)(C)C. The molecule has 0 aromatic heterocycles. The van der Waals surface area contributed by atoms with Gasteiger partial charge in [-0.05, 0) is 32.1 Å². The van der Waals surface area contributed by atoms with Crippen molar-refractivity contribution in [3.63, 3.8) is 0 Å². The fraction of sp³-hybridized carbons (Fsp3) is 0.429. The van der Waals surface area contributed by atoms with E-state index in [2.05, 4.69) is 24.8 Å². The number of Topliss-reactive ketones (excluding diaryl/α,β-unsaturated/α-hetero) is 1. The van der Waals surface area contributed by atoms with Crippen molar-refractivity contribution in [1.29, 1.82) is 0 Å². The summed E-state index contributed by atoms with van der Waals surface area (Å²) in [5.41, 5.74) is 1.79. The molecule has 0 radical (unpaired) electrons. The van der Waals surface area contributed by atoms with Crippen LogP contribution in [0.1, 0.15) is 18.9 Å². The summed E-state index contributed by atoms with van der Waals surface area (Å²) in [6.45, 7) is 8.03. The second-order valence-electron chi connectivity index (χ2n) is 5.41. The zero-order valence-electron chi connectivity index (χ0n) is 11.6. The van der Waals surface area contributed by atoms with Crippen molar-refractivity contribution in [3.05, 3.63) is 35.9 Å². The molecule has 1 aromatic rings. The van der Waals surface area contributed by atoms with Crippen LogP contribution >= 0.6 is 0 Å². The summed E-state index contributed by atoms with van der Waals surface area (Å²) >= 11 is 0. The molecule has 0 atom stereocenters. The molecule has 0 saturated carbocycles. The molecule has 0 N–H and O–H groups in total. The maximum atomic E-state index is 11.8. The Morgan fingerprint density at radius 2 is 1.83 bits per heavy atom. The summed E-state index contributed by atoms with van der Waals surface area (Å²) in [4.78, 5) is 11.8. The zero-order valence-corrected chi connectivity index (χ0v) is 12.6. The monoisotopic (exact) mass is 263 g/mol. The van der Waals surface area contributed by atoms with Gasteiger partial charge in [-0.3, -0.25) is 4.79 Å². The first kappa shape index (κ1) is 14.6. The average molecular weight is 263 g/mol. The Labute approximate surface area is 110 Å². The smallest absolute Gasteiger partial charge is 0.278 e. The fourth-order valence-electron chi connectivity index (χ4n) is 1.42. The van der Waals surface area contributed by atoms with Crippen molar-refractivity contribution < 1.29 is 9.32 Å². The maximum absolute atomic E-state index is 11.8. The Hall–Kier alpha value is -1.42. The summed E-state index contributed by atoms with van der Waals surface area (Å²) in [5.74, 6) is 0.168. The van der Waals surface area contributed by atoms with E-state index in [1.807, 2.05) is 37.3 Å². The van der Waals surface area contributed by atoms with Crippen LogP contribution in [-0.4, -0.2) is 19.8 Å². The summed E-state index contributed by atoms with van der Waals surface area (Å²) in [6.07, 6.45) is 0.819. The van der Waals surface area contributed by atoms with Crippen LogP contribution in [0.15, 0.2) is 35.5 Å². The van der Waals surface area contributed by atoms with E-state index in [-0.39, 0.29) is 5.78 Å². The van der Waals surface area contributed by atoms with E-state index in [1.54, 1.807) is 0 Å². The van der Waals surface area contributed by atoms with E-state index in [4.69, 9.17) is 4.53 Å². The van der Waals surface area contributed by atoms with Crippen LogP contribution in [0.5, 0.6) is 0 Å². The fourth-order valence-corrected chi connectivity index (χ4v) is 1.85. The molecular formula is C14H21NO2Si. The lowest BCUT2D eigenvalue weighted by Crippen LogP contribution is -2.23. The van der Waals surface area contributed by atoms with Crippen LogP contribution in [0.4, 0.5) is 0 Å². The van der Waals surface area contributed by atoms with Crippen molar-refractivity contribution in [2.45, 2.75) is 39.4 Å². The molecule has 0 unspecified atom stereocenters.